The van der Waals surface area contributed by atoms with Gasteiger partial charge in [-0.1, -0.05) is 11.6 Å². The van der Waals surface area contributed by atoms with Crippen LogP contribution in [0, 0.1) is 6.92 Å². The number of rotatable bonds is 2. The van der Waals surface area contributed by atoms with Gasteiger partial charge in [0, 0.05) is 10.6 Å². The molecule has 1 aliphatic heterocycles. The second-order valence-corrected chi connectivity index (χ2v) is 3.74. The maximum atomic E-state index is 6.06. The maximum absolute atomic E-state index is 6.06. The zero-order chi connectivity index (χ0) is 10.8. The van der Waals surface area contributed by atoms with Crippen molar-refractivity contribution in [1.29, 1.82) is 0 Å². The molecular formula is C11H12ClNO2. The van der Waals surface area contributed by atoms with E-state index in [1.54, 1.807) is 7.11 Å². The summed E-state index contributed by atoms with van der Waals surface area (Å²) in [6.45, 7) is 2.49. The Morgan fingerprint density at radius 2 is 2.27 bits per heavy atom. The second kappa shape index (κ2) is 4.13. The lowest BCUT2D eigenvalue weighted by molar-refractivity contribution is 0.135. The molecule has 0 radical (unpaired) electrons. The number of hydrogen-bond donors (Lipinski definition) is 1. The molecule has 0 spiro atoms. The van der Waals surface area contributed by atoms with E-state index in [1.165, 1.54) is 0 Å². The summed E-state index contributed by atoms with van der Waals surface area (Å²) in [5.74, 6) is 0.832. The first-order valence-electron chi connectivity index (χ1n) is 4.65. The number of hydroxylamine groups is 1. The fourth-order valence-corrected chi connectivity index (χ4v) is 1.68. The molecule has 80 valence electrons. The van der Waals surface area contributed by atoms with Crippen LogP contribution in [0.25, 0.3) is 5.70 Å². The van der Waals surface area contributed by atoms with Crippen LogP contribution in [0.1, 0.15) is 11.1 Å². The summed E-state index contributed by atoms with van der Waals surface area (Å²) < 4.78 is 5.51. The summed E-state index contributed by atoms with van der Waals surface area (Å²) in [4.78, 5) is 4.89. The van der Waals surface area contributed by atoms with Crippen LogP contribution >= 0.6 is 11.6 Å². The van der Waals surface area contributed by atoms with Crippen molar-refractivity contribution in [2.45, 2.75) is 6.92 Å². The van der Waals surface area contributed by atoms with Crippen molar-refractivity contribution < 1.29 is 9.57 Å². The van der Waals surface area contributed by atoms with E-state index in [0.29, 0.717) is 6.61 Å². The lowest BCUT2D eigenvalue weighted by Gasteiger charge is -2.19. The molecule has 0 aromatic heterocycles. The van der Waals surface area contributed by atoms with Crippen LogP contribution in [0.4, 0.5) is 0 Å². The van der Waals surface area contributed by atoms with E-state index in [0.717, 1.165) is 27.6 Å². The first-order valence-corrected chi connectivity index (χ1v) is 5.02. The molecule has 1 aliphatic rings. The molecule has 1 aromatic rings. The number of halogens is 1. The Hall–Kier alpha value is -1.19. The van der Waals surface area contributed by atoms with Gasteiger partial charge in [0.05, 0.1) is 12.8 Å². The SMILES string of the molecule is CONC1=CCOc2cc(C)c(Cl)cc21. The van der Waals surface area contributed by atoms with Gasteiger partial charge < -0.3 is 4.74 Å². The van der Waals surface area contributed by atoms with Crippen LogP contribution in [-0.2, 0) is 4.84 Å². The van der Waals surface area contributed by atoms with Crippen molar-refractivity contribution in [2.75, 3.05) is 13.7 Å². The standard InChI is InChI=1S/C11H12ClNO2/c1-7-5-11-8(6-9(7)12)10(13-14-2)3-4-15-11/h3,5-6,13H,4H2,1-2H3. The van der Waals surface area contributed by atoms with Crippen molar-refractivity contribution in [3.8, 4) is 5.75 Å². The van der Waals surface area contributed by atoms with Gasteiger partial charge in [-0.2, -0.15) is 0 Å². The monoisotopic (exact) mass is 225 g/mol. The predicted molar refractivity (Wildman–Crippen MR) is 59.8 cm³/mol. The molecule has 3 nitrogen and oxygen atoms in total. The molecule has 0 aliphatic carbocycles. The molecule has 15 heavy (non-hydrogen) atoms. The van der Waals surface area contributed by atoms with Crippen LogP contribution in [0.2, 0.25) is 5.02 Å². The highest BCUT2D eigenvalue weighted by atomic mass is 35.5. The minimum atomic E-state index is 0.541. The number of aryl methyl sites for hydroxylation is 1. The third kappa shape index (κ3) is 1.94. The van der Waals surface area contributed by atoms with Crippen molar-refractivity contribution in [3.05, 3.63) is 34.4 Å². The zero-order valence-corrected chi connectivity index (χ0v) is 9.39. The van der Waals surface area contributed by atoms with Gasteiger partial charge in [0.2, 0.25) is 0 Å². The molecule has 1 aromatic carbocycles. The molecule has 0 saturated heterocycles. The van der Waals surface area contributed by atoms with Crippen LogP contribution in [0.3, 0.4) is 0 Å². The summed E-state index contributed by atoms with van der Waals surface area (Å²) in [6.07, 6.45) is 1.91. The highest BCUT2D eigenvalue weighted by Crippen LogP contribution is 2.33. The zero-order valence-electron chi connectivity index (χ0n) is 8.63. The normalized spacial score (nSPS) is 13.9. The topological polar surface area (TPSA) is 30.5 Å². The fraction of sp³-hybridized carbons (Fsp3) is 0.273. The van der Waals surface area contributed by atoms with Gasteiger partial charge in [0.1, 0.15) is 12.4 Å². The Morgan fingerprint density at radius 3 is 3.00 bits per heavy atom. The van der Waals surface area contributed by atoms with Gasteiger partial charge in [0.15, 0.2) is 0 Å². The first kappa shape index (κ1) is 10.3. The molecule has 0 bridgehead atoms. The Bertz CT molecular complexity index is 415. The van der Waals surface area contributed by atoms with Gasteiger partial charge in [-0.15, -0.1) is 0 Å². The molecule has 4 heteroatoms. The van der Waals surface area contributed by atoms with Gasteiger partial charge in [-0.05, 0) is 30.7 Å². The molecule has 2 rings (SSSR count). The van der Waals surface area contributed by atoms with Crippen LogP contribution < -0.4 is 10.2 Å². The minimum Gasteiger partial charge on any atom is -0.489 e. The summed E-state index contributed by atoms with van der Waals surface area (Å²) in [6, 6.07) is 3.81. The summed E-state index contributed by atoms with van der Waals surface area (Å²) in [5.41, 5.74) is 5.64. The molecule has 0 atom stereocenters. The lowest BCUT2D eigenvalue weighted by Crippen LogP contribution is -2.16. The smallest absolute Gasteiger partial charge is 0.129 e. The van der Waals surface area contributed by atoms with Crippen molar-refractivity contribution in [2.24, 2.45) is 0 Å². The van der Waals surface area contributed by atoms with Crippen LogP contribution in [0.15, 0.2) is 18.2 Å². The highest BCUT2D eigenvalue weighted by molar-refractivity contribution is 6.31. The summed E-state index contributed by atoms with van der Waals surface area (Å²) in [5, 5.41) is 0.725. The molecule has 0 amide bonds. The number of benzene rings is 1. The van der Waals surface area contributed by atoms with E-state index in [9.17, 15) is 0 Å². The second-order valence-electron chi connectivity index (χ2n) is 3.33. The number of fused-ring (bicyclic) bond motifs is 1. The Labute approximate surface area is 93.6 Å². The first-order chi connectivity index (χ1) is 7.22. The van der Waals surface area contributed by atoms with Crippen LogP contribution in [0.5, 0.6) is 5.75 Å². The summed E-state index contributed by atoms with van der Waals surface area (Å²) >= 11 is 6.06. The van der Waals surface area contributed by atoms with Crippen molar-refractivity contribution in [3.63, 3.8) is 0 Å². The highest BCUT2D eigenvalue weighted by Gasteiger charge is 2.15. The molecule has 0 unspecified atom stereocenters. The fourth-order valence-electron chi connectivity index (χ4n) is 1.52. The lowest BCUT2D eigenvalue weighted by atomic mass is 10.1. The Kier molecular flexibility index (Phi) is 2.84. The van der Waals surface area contributed by atoms with E-state index in [2.05, 4.69) is 5.48 Å². The van der Waals surface area contributed by atoms with E-state index >= 15 is 0 Å². The Balaban J connectivity index is 2.45. The van der Waals surface area contributed by atoms with E-state index in [-0.39, 0.29) is 0 Å². The molecule has 1 N–H and O–H groups in total. The van der Waals surface area contributed by atoms with Crippen LogP contribution in [-0.4, -0.2) is 13.7 Å². The Morgan fingerprint density at radius 1 is 1.47 bits per heavy atom. The third-order valence-corrected chi connectivity index (χ3v) is 2.70. The van der Waals surface area contributed by atoms with E-state index in [1.807, 2.05) is 25.1 Å². The number of hydrogen-bond acceptors (Lipinski definition) is 3. The van der Waals surface area contributed by atoms with E-state index in [4.69, 9.17) is 21.2 Å². The maximum Gasteiger partial charge on any atom is 0.129 e. The van der Waals surface area contributed by atoms with Gasteiger partial charge in [-0.25, -0.2) is 0 Å². The molecular weight excluding hydrogens is 214 g/mol. The van der Waals surface area contributed by atoms with Gasteiger partial charge in [-0.3, -0.25) is 10.3 Å². The average Bonchev–Trinajstić information content (AvgIpc) is 2.21. The van der Waals surface area contributed by atoms with Gasteiger partial charge in [0.25, 0.3) is 0 Å². The van der Waals surface area contributed by atoms with Gasteiger partial charge >= 0.3 is 0 Å². The molecule has 1 heterocycles. The third-order valence-electron chi connectivity index (χ3n) is 2.29. The quantitative estimate of drug-likeness (QED) is 0.785. The predicted octanol–water partition coefficient (Wildman–Crippen LogP) is 2.53. The largest absolute Gasteiger partial charge is 0.489 e. The molecule has 0 fully saturated rings. The molecule has 0 saturated carbocycles. The average molecular weight is 226 g/mol. The van der Waals surface area contributed by atoms with Crippen molar-refractivity contribution >= 4 is 17.3 Å². The van der Waals surface area contributed by atoms with Crippen molar-refractivity contribution in [1.82, 2.24) is 5.48 Å². The number of nitrogens with one attached hydrogen (secondary N) is 1. The minimum absolute atomic E-state index is 0.541. The summed E-state index contributed by atoms with van der Waals surface area (Å²) in [7, 11) is 1.58. The van der Waals surface area contributed by atoms with E-state index < -0.39 is 0 Å². The number of ether oxygens (including phenoxy) is 1.